The molecule has 4 nitrogen and oxygen atoms in total. The maximum absolute atomic E-state index is 12.5. The summed E-state index contributed by atoms with van der Waals surface area (Å²) in [6.07, 6.45) is 11.8. The number of pyridine rings is 1. The zero-order valence-corrected chi connectivity index (χ0v) is 19.0. The number of anilines is 1. The number of nitrogens with zero attached hydrogens (tertiary/aromatic N) is 1. The fourth-order valence-corrected chi connectivity index (χ4v) is 3.33. The number of rotatable bonds is 8. The Balaban J connectivity index is 1.33. The number of carbonyl (C=O) groups excluding carboxylic acids is 1. The monoisotopic (exact) mass is 446 g/mol. The number of amides is 1. The SMILES string of the molecule is CCOc1ccc(NC(=O)c2ccc(/C=C/c3ccc(/C=C/c4ccncc4)cc3)cc2)cc1. The van der Waals surface area contributed by atoms with Crippen LogP contribution in [0.5, 0.6) is 5.75 Å². The minimum atomic E-state index is -0.143. The first-order chi connectivity index (χ1) is 16.7. The lowest BCUT2D eigenvalue weighted by Gasteiger charge is -2.07. The first-order valence-electron chi connectivity index (χ1n) is 11.2. The standard InChI is InChI=1S/C30H26N2O2/c1-2-34-29-17-15-28(16-18-29)32-30(33)27-13-11-25(12-14-27)8-7-23-3-5-24(6-4-23)9-10-26-19-21-31-22-20-26/h3-22H,2H2,1H3,(H,32,33)/b8-7+,10-9+. The molecule has 1 amide bonds. The third-order valence-electron chi connectivity index (χ3n) is 5.18. The molecule has 4 rings (SSSR count). The molecule has 0 unspecified atom stereocenters. The first-order valence-corrected chi connectivity index (χ1v) is 11.2. The summed E-state index contributed by atoms with van der Waals surface area (Å²) in [5, 5.41) is 2.91. The minimum Gasteiger partial charge on any atom is -0.494 e. The van der Waals surface area contributed by atoms with Crippen molar-refractivity contribution in [2.75, 3.05) is 11.9 Å². The molecule has 168 valence electrons. The van der Waals surface area contributed by atoms with E-state index >= 15 is 0 Å². The molecule has 0 aliphatic heterocycles. The quantitative estimate of drug-likeness (QED) is 0.294. The second-order valence-electron chi connectivity index (χ2n) is 7.65. The lowest BCUT2D eigenvalue weighted by atomic mass is 10.1. The molecule has 3 aromatic carbocycles. The van der Waals surface area contributed by atoms with Crippen molar-refractivity contribution in [1.82, 2.24) is 4.98 Å². The second-order valence-corrected chi connectivity index (χ2v) is 7.65. The summed E-state index contributed by atoms with van der Waals surface area (Å²) in [6, 6.07) is 27.2. The van der Waals surface area contributed by atoms with Crippen LogP contribution in [-0.4, -0.2) is 17.5 Å². The molecular formula is C30H26N2O2. The highest BCUT2D eigenvalue weighted by Crippen LogP contribution is 2.17. The van der Waals surface area contributed by atoms with Gasteiger partial charge in [0.1, 0.15) is 5.75 Å². The van der Waals surface area contributed by atoms with Crippen molar-refractivity contribution in [3.63, 3.8) is 0 Å². The lowest BCUT2D eigenvalue weighted by molar-refractivity contribution is 0.102. The van der Waals surface area contributed by atoms with Gasteiger partial charge in [0.05, 0.1) is 6.61 Å². The van der Waals surface area contributed by atoms with Gasteiger partial charge in [-0.2, -0.15) is 0 Å². The zero-order valence-electron chi connectivity index (χ0n) is 19.0. The fourth-order valence-electron chi connectivity index (χ4n) is 3.33. The molecule has 0 aliphatic carbocycles. The highest BCUT2D eigenvalue weighted by Gasteiger charge is 2.06. The average Bonchev–Trinajstić information content (AvgIpc) is 2.89. The molecule has 0 atom stereocenters. The number of hydrogen-bond acceptors (Lipinski definition) is 3. The van der Waals surface area contributed by atoms with Gasteiger partial charge < -0.3 is 10.1 Å². The van der Waals surface area contributed by atoms with Gasteiger partial charge in [0.15, 0.2) is 0 Å². The van der Waals surface area contributed by atoms with Crippen LogP contribution in [0.1, 0.15) is 39.5 Å². The average molecular weight is 447 g/mol. The van der Waals surface area contributed by atoms with Crippen LogP contribution in [0.4, 0.5) is 5.69 Å². The smallest absolute Gasteiger partial charge is 0.255 e. The van der Waals surface area contributed by atoms with Crippen LogP contribution in [0.2, 0.25) is 0 Å². The summed E-state index contributed by atoms with van der Waals surface area (Å²) in [7, 11) is 0. The number of nitrogens with one attached hydrogen (secondary N) is 1. The van der Waals surface area contributed by atoms with Crippen LogP contribution >= 0.6 is 0 Å². The van der Waals surface area contributed by atoms with Gasteiger partial charge in [0, 0.05) is 23.6 Å². The molecular weight excluding hydrogens is 420 g/mol. The van der Waals surface area contributed by atoms with E-state index in [4.69, 9.17) is 4.74 Å². The Bertz CT molecular complexity index is 1260. The highest BCUT2D eigenvalue weighted by molar-refractivity contribution is 6.04. The third-order valence-corrected chi connectivity index (χ3v) is 5.18. The molecule has 0 radical (unpaired) electrons. The van der Waals surface area contributed by atoms with Crippen LogP contribution in [0, 0.1) is 0 Å². The van der Waals surface area contributed by atoms with Gasteiger partial charge in [-0.15, -0.1) is 0 Å². The first kappa shape index (κ1) is 22.7. The minimum absolute atomic E-state index is 0.143. The summed E-state index contributed by atoms with van der Waals surface area (Å²) in [4.78, 5) is 16.6. The van der Waals surface area contributed by atoms with Gasteiger partial charge in [-0.25, -0.2) is 0 Å². The molecule has 0 spiro atoms. The van der Waals surface area contributed by atoms with E-state index in [9.17, 15) is 4.79 Å². The lowest BCUT2D eigenvalue weighted by Crippen LogP contribution is -2.11. The van der Waals surface area contributed by atoms with Crippen LogP contribution < -0.4 is 10.1 Å². The number of carbonyl (C=O) groups is 1. The van der Waals surface area contributed by atoms with Gasteiger partial charge in [-0.3, -0.25) is 9.78 Å². The number of aromatic nitrogens is 1. The maximum Gasteiger partial charge on any atom is 0.255 e. The van der Waals surface area contributed by atoms with Gasteiger partial charge in [0.25, 0.3) is 5.91 Å². The van der Waals surface area contributed by atoms with Crippen LogP contribution in [-0.2, 0) is 0 Å². The summed E-state index contributed by atoms with van der Waals surface area (Å²) in [5.41, 5.74) is 5.73. The van der Waals surface area contributed by atoms with Crippen molar-refractivity contribution in [3.05, 3.63) is 125 Å². The summed E-state index contributed by atoms with van der Waals surface area (Å²) >= 11 is 0. The van der Waals surface area contributed by atoms with Gasteiger partial charge in [0.2, 0.25) is 0 Å². The largest absolute Gasteiger partial charge is 0.494 e. The van der Waals surface area contributed by atoms with E-state index in [1.54, 1.807) is 12.4 Å². The van der Waals surface area contributed by atoms with Crippen molar-refractivity contribution in [2.45, 2.75) is 6.92 Å². The van der Waals surface area contributed by atoms with Crippen molar-refractivity contribution < 1.29 is 9.53 Å². The van der Waals surface area contributed by atoms with E-state index in [1.165, 1.54) is 0 Å². The summed E-state index contributed by atoms with van der Waals surface area (Å²) < 4.78 is 5.43. The van der Waals surface area contributed by atoms with Crippen molar-refractivity contribution >= 4 is 35.9 Å². The molecule has 0 aliphatic rings. The van der Waals surface area contributed by atoms with E-state index in [0.717, 1.165) is 33.7 Å². The van der Waals surface area contributed by atoms with E-state index in [1.807, 2.05) is 73.7 Å². The number of ether oxygens (including phenoxy) is 1. The van der Waals surface area contributed by atoms with Crippen LogP contribution in [0.15, 0.2) is 97.3 Å². The molecule has 1 N–H and O–H groups in total. The molecule has 0 saturated carbocycles. The molecule has 4 heteroatoms. The second kappa shape index (κ2) is 11.4. The van der Waals surface area contributed by atoms with E-state index in [-0.39, 0.29) is 5.91 Å². The van der Waals surface area contributed by atoms with Crippen molar-refractivity contribution in [1.29, 1.82) is 0 Å². The molecule has 0 fully saturated rings. The van der Waals surface area contributed by atoms with Crippen molar-refractivity contribution in [2.24, 2.45) is 0 Å². The predicted molar refractivity (Wildman–Crippen MR) is 141 cm³/mol. The molecule has 1 aromatic heterocycles. The molecule has 0 bridgehead atoms. The Labute approximate surface area is 200 Å². The van der Waals surface area contributed by atoms with Gasteiger partial charge >= 0.3 is 0 Å². The number of benzene rings is 3. The normalized spacial score (nSPS) is 11.1. The Morgan fingerprint density at radius 1 is 0.706 bits per heavy atom. The van der Waals surface area contributed by atoms with Crippen molar-refractivity contribution in [3.8, 4) is 5.75 Å². The van der Waals surface area contributed by atoms with E-state index < -0.39 is 0 Å². The Hall–Kier alpha value is -4.44. The molecule has 0 saturated heterocycles. The fraction of sp³-hybridized carbons (Fsp3) is 0.0667. The maximum atomic E-state index is 12.5. The molecule has 34 heavy (non-hydrogen) atoms. The summed E-state index contributed by atoms with van der Waals surface area (Å²) in [6.45, 7) is 2.55. The van der Waals surface area contributed by atoms with E-state index in [0.29, 0.717) is 12.2 Å². The Kier molecular flexibility index (Phi) is 7.65. The Morgan fingerprint density at radius 3 is 1.68 bits per heavy atom. The molecule has 4 aromatic rings. The number of hydrogen-bond donors (Lipinski definition) is 1. The third kappa shape index (κ3) is 6.53. The predicted octanol–water partition coefficient (Wildman–Crippen LogP) is 7.07. The van der Waals surface area contributed by atoms with Crippen LogP contribution in [0.25, 0.3) is 24.3 Å². The van der Waals surface area contributed by atoms with Crippen LogP contribution in [0.3, 0.4) is 0 Å². The van der Waals surface area contributed by atoms with Gasteiger partial charge in [-0.05, 0) is 77.7 Å². The topological polar surface area (TPSA) is 51.2 Å². The highest BCUT2D eigenvalue weighted by atomic mass is 16.5. The van der Waals surface area contributed by atoms with E-state index in [2.05, 4.69) is 52.8 Å². The van der Waals surface area contributed by atoms with Gasteiger partial charge in [-0.1, -0.05) is 60.7 Å². The zero-order chi connectivity index (χ0) is 23.6. The summed E-state index contributed by atoms with van der Waals surface area (Å²) in [5.74, 6) is 0.641. The Morgan fingerprint density at radius 2 is 1.18 bits per heavy atom. The molecule has 1 heterocycles.